The summed E-state index contributed by atoms with van der Waals surface area (Å²) < 4.78 is 35.5. The average molecular weight is 411 g/mol. The molecular weight excluding hydrogens is 386 g/mol. The Kier molecular flexibility index (Phi) is 8.53. The topological polar surface area (TPSA) is 52.0 Å². The Morgan fingerprint density at radius 1 is 1.18 bits per heavy atom. The standard InChI is InChI=1S/C20H24F2N2O3S/c1-4-27-17-10-5-14(11-18(17)26-3)12-24(2)13-19(25)23-15-6-8-16(9-7-15)28-20(21)22/h5-11,20H,4,12-13H2,1-3H3,(H,23,25)/p+1. The van der Waals surface area contributed by atoms with Gasteiger partial charge in [-0.3, -0.25) is 4.79 Å². The molecular formula is C20H25F2N2O3S+. The number of methoxy groups -OCH3 is 1. The minimum absolute atomic E-state index is 0.148. The fourth-order valence-electron chi connectivity index (χ4n) is 2.71. The van der Waals surface area contributed by atoms with Crippen LogP contribution in [0.15, 0.2) is 47.4 Å². The maximum atomic E-state index is 12.3. The van der Waals surface area contributed by atoms with Crippen LogP contribution in [0.5, 0.6) is 11.5 Å². The fraction of sp³-hybridized carbons (Fsp3) is 0.350. The molecule has 1 amide bonds. The molecule has 0 bridgehead atoms. The number of amides is 1. The summed E-state index contributed by atoms with van der Waals surface area (Å²) in [5, 5.41) is 2.79. The van der Waals surface area contributed by atoms with Crippen LogP contribution in [0.2, 0.25) is 0 Å². The summed E-state index contributed by atoms with van der Waals surface area (Å²) in [6.07, 6.45) is 0. The van der Waals surface area contributed by atoms with Crippen LogP contribution in [0.4, 0.5) is 14.5 Å². The zero-order valence-electron chi connectivity index (χ0n) is 16.1. The van der Waals surface area contributed by atoms with Gasteiger partial charge in [-0.25, -0.2) is 0 Å². The lowest BCUT2D eigenvalue weighted by molar-refractivity contribution is -0.885. The minimum atomic E-state index is -2.46. The van der Waals surface area contributed by atoms with Crippen molar-refractivity contribution in [3.05, 3.63) is 48.0 Å². The predicted molar refractivity (Wildman–Crippen MR) is 107 cm³/mol. The van der Waals surface area contributed by atoms with Crippen molar-refractivity contribution in [1.29, 1.82) is 0 Å². The molecule has 0 fully saturated rings. The smallest absolute Gasteiger partial charge is 0.288 e. The molecule has 0 spiro atoms. The van der Waals surface area contributed by atoms with E-state index in [0.29, 0.717) is 47.0 Å². The summed E-state index contributed by atoms with van der Waals surface area (Å²) in [7, 11) is 3.52. The summed E-state index contributed by atoms with van der Waals surface area (Å²) in [5.74, 6) is -1.25. The summed E-state index contributed by atoms with van der Waals surface area (Å²) in [6.45, 7) is 3.38. The number of halogens is 2. The van der Waals surface area contributed by atoms with E-state index in [1.165, 1.54) is 0 Å². The number of thioether (sulfide) groups is 1. The van der Waals surface area contributed by atoms with Gasteiger partial charge >= 0.3 is 0 Å². The SMILES string of the molecule is CCOc1ccc(C[NH+](C)CC(=O)Nc2ccc(SC(F)F)cc2)cc1OC. The number of carbonyl (C=O) groups is 1. The molecule has 2 N–H and O–H groups in total. The number of carbonyl (C=O) groups excluding carboxylic acids is 1. The molecule has 152 valence electrons. The van der Waals surface area contributed by atoms with Crippen molar-refractivity contribution in [2.45, 2.75) is 24.1 Å². The van der Waals surface area contributed by atoms with Crippen LogP contribution in [0.3, 0.4) is 0 Å². The van der Waals surface area contributed by atoms with Gasteiger partial charge in [-0.05, 0) is 49.4 Å². The first-order chi connectivity index (χ1) is 13.4. The Bertz CT molecular complexity index is 773. The van der Waals surface area contributed by atoms with Crippen LogP contribution in [0.1, 0.15) is 12.5 Å². The van der Waals surface area contributed by atoms with Gasteiger partial charge in [-0.2, -0.15) is 8.78 Å². The Hall–Kier alpha value is -2.32. The predicted octanol–water partition coefficient (Wildman–Crippen LogP) is 3.06. The van der Waals surface area contributed by atoms with Crippen LogP contribution in [0.25, 0.3) is 0 Å². The van der Waals surface area contributed by atoms with Crippen molar-refractivity contribution in [3.63, 3.8) is 0 Å². The van der Waals surface area contributed by atoms with Crippen LogP contribution in [-0.2, 0) is 11.3 Å². The van der Waals surface area contributed by atoms with Crippen LogP contribution >= 0.6 is 11.8 Å². The molecule has 0 aliphatic heterocycles. The van der Waals surface area contributed by atoms with Gasteiger partial charge < -0.3 is 19.7 Å². The van der Waals surface area contributed by atoms with Gasteiger partial charge in [0.1, 0.15) is 6.54 Å². The van der Waals surface area contributed by atoms with Crippen molar-refractivity contribution in [1.82, 2.24) is 0 Å². The third-order valence-corrected chi connectivity index (χ3v) is 4.58. The summed E-state index contributed by atoms with van der Waals surface area (Å²) in [4.78, 5) is 13.7. The van der Waals surface area contributed by atoms with Crippen LogP contribution in [-0.4, -0.2) is 39.0 Å². The summed E-state index contributed by atoms with van der Waals surface area (Å²) >= 11 is 0.475. The lowest BCUT2D eigenvalue weighted by Gasteiger charge is -2.16. The molecule has 5 nitrogen and oxygen atoms in total. The van der Waals surface area contributed by atoms with E-state index in [4.69, 9.17) is 9.47 Å². The zero-order valence-corrected chi connectivity index (χ0v) is 16.9. The number of hydrogen-bond donors (Lipinski definition) is 2. The van der Waals surface area contributed by atoms with Crippen LogP contribution < -0.4 is 19.7 Å². The molecule has 0 aliphatic carbocycles. The highest BCUT2D eigenvalue weighted by Crippen LogP contribution is 2.28. The highest BCUT2D eigenvalue weighted by molar-refractivity contribution is 7.99. The second kappa shape index (κ2) is 10.9. The van der Waals surface area contributed by atoms with E-state index in [0.717, 1.165) is 10.5 Å². The van der Waals surface area contributed by atoms with Gasteiger partial charge in [0, 0.05) is 16.1 Å². The Labute approximate surface area is 168 Å². The summed E-state index contributed by atoms with van der Waals surface area (Å²) in [5.41, 5.74) is 1.61. The second-order valence-corrected chi connectivity index (χ2v) is 7.24. The first-order valence-corrected chi connectivity index (χ1v) is 9.75. The van der Waals surface area contributed by atoms with E-state index in [1.54, 1.807) is 31.4 Å². The average Bonchev–Trinajstić information content (AvgIpc) is 2.64. The largest absolute Gasteiger partial charge is 0.493 e. The normalized spacial score (nSPS) is 11.9. The number of nitrogens with one attached hydrogen (secondary N) is 2. The maximum Gasteiger partial charge on any atom is 0.288 e. The number of anilines is 1. The van der Waals surface area contributed by atoms with Crippen molar-refractivity contribution in [2.24, 2.45) is 0 Å². The monoisotopic (exact) mass is 411 g/mol. The molecule has 0 radical (unpaired) electrons. The zero-order chi connectivity index (χ0) is 20.5. The molecule has 1 unspecified atom stereocenters. The van der Waals surface area contributed by atoms with E-state index in [1.807, 2.05) is 32.2 Å². The molecule has 2 aromatic rings. The molecule has 0 aliphatic rings. The number of benzene rings is 2. The Morgan fingerprint density at radius 2 is 1.89 bits per heavy atom. The molecule has 28 heavy (non-hydrogen) atoms. The van der Waals surface area contributed by atoms with E-state index >= 15 is 0 Å². The van der Waals surface area contributed by atoms with E-state index in [2.05, 4.69) is 5.32 Å². The number of rotatable bonds is 10. The maximum absolute atomic E-state index is 12.3. The third kappa shape index (κ3) is 7.01. The number of ether oxygens (including phenoxy) is 2. The molecule has 0 saturated carbocycles. The molecule has 2 aromatic carbocycles. The van der Waals surface area contributed by atoms with E-state index in [9.17, 15) is 13.6 Å². The Morgan fingerprint density at radius 3 is 2.50 bits per heavy atom. The molecule has 8 heteroatoms. The lowest BCUT2D eigenvalue weighted by atomic mass is 10.2. The lowest BCUT2D eigenvalue weighted by Crippen LogP contribution is -3.08. The molecule has 0 saturated heterocycles. The van der Waals surface area contributed by atoms with Gasteiger partial charge in [-0.15, -0.1) is 0 Å². The molecule has 0 aromatic heterocycles. The van der Waals surface area contributed by atoms with Crippen molar-refractivity contribution in [3.8, 4) is 11.5 Å². The van der Waals surface area contributed by atoms with Gasteiger partial charge in [0.25, 0.3) is 11.7 Å². The fourth-order valence-corrected chi connectivity index (χ4v) is 3.21. The molecule has 0 heterocycles. The second-order valence-electron chi connectivity index (χ2n) is 6.18. The van der Waals surface area contributed by atoms with Crippen molar-refractivity contribution < 1.29 is 27.9 Å². The first kappa shape index (κ1) is 22.0. The number of alkyl halides is 2. The highest BCUT2D eigenvalue weighted by atomic mass is 32.2. The van der Waals surface area contributed by atoms with Crippen molar-refractivity contribution >= 4 is 23.4 Å². The number of likely N-dealkylation sites (N-methyl/N-ethyl adjacent to an activating group) is 1. The van der Waals surface area contributed by atoms with Gasteiger partial charge in [-0.1, -0.05) is 11.8 Å². The first-order valence-electron chi connectivity index (χ1n) is 8.87. The number of quaternary nitrogens is 1. The molecule has 2 rings (SSSR count). The highest BCUT2D eigenvalue weighted by Gasteiger charge is 2.13. The van der Waals surface area contributed by atoms with Gasteiger partial charge in [0.2, 0.25) is 0 Å². The number of hydrogen-bond acceptors (Lipinski definition) is 4. The summed E-state index contributed by atoms with van der Waals surface area (Å²) in [6, 6.07) is 12.1. The van der Waals surface area contributed by atoms with E-state index < -0.39 is 5.76 Å². The van der Waals surface area contributed by atoms with Gasteiger partial charge in [0.05, 0.1) is 20.8 Å². The van der Waals surface area contributed by atoms with E-state index in [-0.39, 0.29) is 12.5 Å². The van der Waals surface area contributed by atoms with Crippen molar-refractivity contribution in [2.75, 3.05) is 32.6 Å². The third-order valence-electron chi connectivity index (χ3n) is 3.86. The van der Waals surface area contributed by atoms with Gasteiger partial charge in [0.15, 0.2) is 18.0 Å². The quantitative estimate of drug-likeness (QED) is 0.590. The molecule has 1 atom stereocenters. The Balaban J connectivity index is 1.88. The minimum Gasteiger partial charge on any atom is -0.493 e. The van der Waals surface area contributed by atoms with Crippen LogP contribution in [0, 0.1) is 0 Å².